The third-order valence-electron chi connectivity index (χ3n) is 3.38. The van der Waals surface area contributed by atoms with Crippen molar-refractivity contribution in [2.75, 3.05) is 19.7 Å². The Kier molecular flexibility index (Phi) is 4.30. The van der Waals surface area contributed by atoms with Crippen molar-refractivity contribution in [1.29, 1.82) is 0 Å². The molecule has 0 radical (unpaired) electrons. The Labute approximate surface area is 107 Å². The molecule has 0 atom stereocenters. The van der Waals surface area contributed by atoms with Crippen molar-refractivity contribution in [3.8, 4) is 0 Å². The van der Waals surface area contributed by atoms with Crippen LogP contribution in [0.3, 0.4) is 0 Å². The number of aromatic nitrogens is 3. The zero-order valence-electron chi connectivity index (χ0n) is 11.0. The lowest BCUT2D eigenvalue weighted by atomic mass is 9.97. The van der Waals surface area contributed by atoms with E-state index in [2.05, 4.69) is 15.1 Å². The predicted octanol–water partition coefficient (Wildman–Crippen LogP) is 0.590. The average molecular weight is 252 g/mol. The molecule has 2 heterocycles. The number of rotatable bonds is 4. The lowest BCUT2D eigenvalue weighted by Gasteiger charge is -2.30. The van der Waals surface area contributed by atoms with E-state index in [1.165, 1.54) is 0 Å². The van der Waals surface area contributed by atoms with Gasteiger partial charge in [-0.2, -0.15) is 0 Å². The Morgan fingerprint density at radius 1 is 1.50 bits per heavy atom. The van der Waals surface area contributed by atoms with Gasteiger partial charge in [-0.1, -0.05) is 0 Å². The van der Waals surface area contributed by atoms with Gasteiger partial charge in [0, 0.05) is 7.05 Å². The van der Waals surface area contributed by atoms with E-state index in [0.717, 1.165) is 38.3 Å². The molecule has 1 saturated heterocycles. The van der Waals surface area contributed by atoms with Gasteiger partial charge in [0.1, 0.15) is 12.2 Å². The molecule has 0 N–H and O–H groups in total. The monoisotopic (exact) mass is 252 g/mol. The summed E-state index contributed by atoms with van der Waals surface area (Å²) in [6.07, 6.45) is 3.45. The molecular formula is C12H20N4O2. The van der Waals surface area contributed by atoms with Gasteiger partial charge in [-0.25, -0.2) is 0 Å². The molecule has 1 aromatic rings. The standard InChI is InChI=1S/C12H20N4O2/c1-3-18-12(17)10-4-6-16(7-5-10)8-11-14-13-9-15(11)2/h9-10H,3-8H2,1-2H3. The minimum absolute atomic E-state index is 0.0455. The van der Waals surface area contributed by atoms with Gasteiger partial charge in [-0.3, -0.25) is 9.69 Å². The van der Waals surface area contributed by atoms with Crippen LogP contribution in [-0.2, 0) is 23.1 Å². The quantitative estimate of drug-likeness (QED) is 0.734. The highest BCUT2D eigenvalue weighted by Gasteiger charge is 2.26. The largest absolute Gasteiger partial charge is 0.466 e. The molecule has 0 aliphatic carbocycles. The van der Waals surface area contributed by atoms with E-state index in [-0.39, 0.29) is 11.9 Å². The van der Waals surface area contributed by atoms with Crippen LogP contribution in [0.4, 0.5) is 0 Å². The topological polar surface area (TPSA) is 60.2 Å². The Hall–Kier alpha value is -1.43. The van der Waals surface area contributed by atoms with Gasteiger partial charge in [0.2, 0.25) is 0 Å². The summed E-state index contributed by atoms with van der Waals surface area (Å²) in [4.78, 5) is 13.9. The maximum atomic E-state index is 11.6. The second-order valence-corrected chi connectivity index (χ2v) is 4.66. The number of hydrogen-bond acceptors (Lipinski definition) is 5. The van der Waals surface area contributed by atoms with Crippen LogP contribution < -0.4 is 0 Å². The van der Waals surface area contributed by atoms with Crippen molar-refractivity contribution in [2.45, 2.75) is 26.3 Å². The van der Waals surface area contributed by atoms with Gasteiger partial charge in [0.25, 0.3) is 0 Å². The number of ether oxygens (including phenoxy) is 1. The van der Waals surface area contributed by atoms with Gasteiger partial charge in [0.15, 0.2) is 0 Å². The van der Waals surface area contributed by atoms with Crippen LogP contribution in [-0.4, -0.2) is 45.3 Å². The van der Waals surface area contributed by atoms with Gasteiger partial charge in [-0.05, 0) is 32.9 Å². The molecule has 0 saturated carbocycles. The highest BCUT2D eigenvalue weighted by Crippen LogP contribution is 2.19. The van der Waals surface area contributed by atoms with Crippen molar-refractivity contribution in [1.82, 2.24) is 19.7 Å². The highest BCUT2D eigenvalue weighted by molar-refractivity contribution is 5.72. The second kappa shape index (κ2) is 5.95. The summed E-state index contributed by atoms with van der Waals surface area (Å²) in [5.41, 5.74) is 0. The van der Waals surface area contributed by atoms with Gasteiger partial charge >= 0.3 is 5.97 Å². The molecular weight excluding hydrogens is 232 g/mol. The molecule has 1 aliphatic heterocycles. The van der Waals surface area contributed by atoms with Gasteiger partial charge < -0.3 is 9.30 Å². The Morgan fingerprint density at radius 2 is 2.22 bits per heavy atom. The molecule has 0 unspecified atom stereocenters. The molecule has 1 aliphatic rings. The van der Waals surface area contributed by atoms with Crippen molar-refractivity contribution in [3.63, 3.8) is 0 Å². The smallest absolute Gasteiger partial charge is 0.309 e. The van der Waals surface area contributed by atoms with Crippen LogP contribution in [0.1, 0.15) is 25.6 Å². The molecule has 0 bridgehead atoms. The number of likely N-dealkylation sites (tertiary alicyclic amines) is 1. The second-order valence-electron chi connectivity index (χ2n) is 4.66. The minimum Gasteiger partial charge on any atom is -0.466 e. The summed E-state index contributed by atoms with van der Waals surface area (Å²) in [5, 5.41) is 7.94. The summed E-state index contributed by atoms with van der Waals surface area (Å²) in [5.74, 6) is 0.987. The van der Waals surface area contributed by atoms with Crippen LogP contribution in [0.15, 0.2) is 6.33 Å². The van der Waals surface area contributed by atoms with Gasteiger partial charge in [0.05, 0.1) is 19.1 Å². The third-order valence-corrected chi connectivity index (χ3v) is 3.38. The first-order chi connectivity index (χ1) is 8.70. The number of nitrogens with zero attached hydrogens (tertiary/aromatic N) is 4. The molecule has 0 aromatic carbocycles. The molecule has 0 amide bonds. The number of carbonyl (C=O) groups is 1. The van der Waals surface area contributed by atoms with Crippen LogP contribution in [0, 0.1) is 5.92 Å². The van der Waals surface area contributed by atoms with E-state index in [1.54, 1.807) is 6.33 Å². The highest BCUT2D eigenvalue weighted by atomic mass is 16.5. The summed E-state index contributed by atoms with van der Waals surface area (Å²) in [7, 11) is 1.95. The molecule has 100 valence electrons. The molecule has 6 nitrogen and oxygen atoms in total. The zero-order chi connectivity index (χ0) is 13.0. The van der Waals surface area contributed by atoms with Crippen molar-refractivity contribution < 1.29 is 9.53 Å². The van der Waals surface area contributed by atoms with Crippen LogP contribution in [0.5, 0.6) is 0 Å². The van der Waals surface area contributed by atoms with E-state index >= 15 is 0 Å². The maximum Gasteiger partial charge on any atom is 0.309 e. The zero-order valence-corrected chi connectivity index (χ0v) is 11.0. The molecule has 6 heteroatoms. The van der Waals surface area contributed by atoms with Crippen molar-refractivity contribution >= 4 is 5.97 Å². The normalized spacial score (nSPS) is 17.9. The number of aryl methyl sites for hydroxylation is 1. The number of piperidine rings is 1. The summed E-state index contributed by atoms with van der Waals surface area (Å²) in [6.45, 7) is 4.94. The fourth-order valence-corrected chi connectivity index (χ4v) is 2.24. The first-order valence-electron chi connectivity index (χ1n) is 6.42. The van der Waals surface area contributed by atoms with E-state index in [4.69, 9.17) is 4.74 Å². The van der Waals surface area contributed by atoms with E-state index in [9.17, 15) is 4.79 Å². The van der Waals surface area contributed by atoms with E-state index in [0.29, 0.717) is 6.61 Å². The molecule has 0 spiro atoms. The number of hydrogen-bond donors (Lipinski definition) is 0. The van der Waals surface area contributed by atoms with Crippen molar-refractivity contribution in [3.05, 3.63) is 12.2 Å². The lowest BCUT2D eigenvalue weighted by Crippen LogP contribution is -2.37. The Morgan fingerprint density at radius 3 is 2.78 bits per heavy atom. The van der Waals surface area contributed by atoms with Crippen molar-refractivity contribution in [2.24, 2.45) is 13.0 Å². The fraction of sp³-hybridized carbons (Fsp3) is 0.750. The van der Waals surface area contributed by atoms with Crippen LogP contribution in [0.25, 0.3) is 0 Å². The third kappa shape index (κ3) is 3.07. The average Bonchev–Trinajstić information content (AvgIpc) is 2.76. The summed E-state index contributed by atoms with van der Waals surface area (Å²) < 4.78 is 6.99. The van der Waals surface area contributed by atoms with Crippen LogP contribution in [0.2, 0.25) is 0 Å². The fourth-order valence-electron chi connectivity index (χ4n) is 2.24. The molecule has 1 aromatic heterocycles. The number of carbonyl (C=O) groups excluding carboxylic acids is 1. The van der Waals surface area contributed by atoms with Gasteiger partial charge in [-0.15, -0.1) is 10.2 Å². The predicted molar refractivity (Wildman–Crippen MR) is 65.6 cm³/mol. The Balaban J connectivity index is 1.80. The molecule has 18 heavy (non-hydrogen) atoms. The van der Waals surface area contributed by atoms with E-state index in [1.807, 2.05) is 18.5 Å². The lowest BCUT2D eigenvalue weighted by molar-refractivity contribution is -0.149. The molecule has 1 fully saturated rings. The molecule has 2 rings (SSSR count). The first kappa shape index (κ1) is 13.0. The Bertz CT molecular complexity index is 397. The van der Waals surface area contributed by atoms with Crippen LogP contribution >= 0.6 is 0 Å². The summed E-state index contributed by atoms with van der Waals surface area (Å²) >= 11 is 0. The summed E-state index contributed by atoms with van der Waals surface area (Å²) in [6, 6.07) is 0. The number of esters is 1. The SMILES string of the molecule is CCOC(=O)C1CCN(Cc2nncn2C)CC1. The first-order valence-corrected chi connectivity index (χ1v) is 6.42. The maximum absolute atomic E-state index is 11.6. The minimum atomic E-state index is -0.0455. The van der Waals surface area contributed by atoms with E-state index < -0.39 is 0 Å².